The first-order valence-corrected chi connectivity index (χ1v) is 2.37. The zero-order valence-corrected chi connectivity index (χ0v) is 4.82. The van der Waals surface area contributed by atoms with Crippen LogP contribution in [0.5, 0.6) is 0 Å². The predicted octanol–water partition coefficient (Wildman–Crippen LogP) is 0.181. The van der Waals surface area contributed by atoms with E-state index >= 15 is 0 Å². The minimum atomic E-state index is -0.424. The first-order chi connectivity index (χ1) is 3.72. The van der Waals surface area contributed by atoms with Gasteiger partial charge in [0.05, 0.1) is 6.61 Å². The molecule has 0 amide bonds. The van der Waals surface area contributed by atoms with Crippen molar-refractivity contribution in [2.24, 2.45) is 5.73 Å². The zero-order valence-electron chi connectivity index (χ0n) is 4.82. The molecule has 0 aromatic rings. The summed E-state index contributed by atoms with van der Waals surface area (Å²) in [4.78, 5) is 0. The second-order valence-electron chi connectivity index (χ2n) is 1.55. The number of hydrogen-bond donors (Lipinski definition) is 2. The van der Waals surface area contributed by atoms with Gasteiger partial charge >= 0.3 is 0 Å². The number of halogens is 1. The Morgan fingerprint density at radius 2 is 2.25 bits per heavy atom. The van der Waals surface area contributed by atoms with E-state index in [2.05, 4.69) is 0 Å². The minimum Gasteiger partial charge on any atom is -0.392 e. The van der Waals surface area contributed by atoms with Gasteiger partial charge in [-0.3, -0.25) is 0 Å². The fraction of sp³-hybridized carbons (Fsp3) is 0.600. The molecule has 0 atom stereocenters. The third kappa shape index (κ3) is 2.04. The van der Waals surface area contributed by atoms with Crippen LogP contribution >= 0.6 is 0 Å². The van der Waals surface area contributed by atoms with Crippen LogP contribution in [0.4, 0.5) is 4.39 Å². The lowest BCUT2D eigenvalue weighted by Crippen LogP contribution is -2.02. The molecule has 0 aromatic heterocycles. The van der Waals surface area contributed by atoms with Crippen LogP contribution in [0.15, 0.2) is 11.4 Å². The Morgan fingerprint density at radius 3 is 2.38 bits per heavy atom. The largest absolute Gasteiger partial charge is 0.392 e. The molecule has 3 N–H and O–H groups in total. The number of rotatable bonds is 2. The molecule has 0 fully saturated rings. The average molecular weight is 119 g/mol. The van der Waals surface area contributed by atoms with E-state index in [0.29, 0.717) is 5.57 Å². The summed E-state index contributed by atoms with van der Waals surface area (Å²) in [7, 11) is 0. The van der Waals surface area contributed by atoms with Gasteiger partial charge in [-0.2, -0.15) is 0 Å². The Morgan fingerprint density at radius 1 is 1.75 bits per heavy atom. The summed E-state index contributed by atoms with van der Waals surface area (Å²) in [5.41, 5.74) is 5.22. The summed E-state index contributed by atoms with van der Waals surface area (Å²) in [6.07, 6.45) is 0. The quantitative estimate of drug-likeness (QED) is 0.544. The molecule has 0 heterocycles. The van der Waals surface area contributed by atoms with Crippen molar-refractivity contribution < 1.29 is 9.50 Å². The highest BCUT2D eigenvalue weighted by Crippen LogP contribution is 2.00. The lowest BCUT2D eigenvalue weighted by Gasteiger charge is -1.94. The van der Waals surface area contributed by atoms with Gasteiger partial charge < -0.3 is 10.8 Å². The number of hydrogen-bond acceptors (Lipinski definition) is 2. The van der Waals surface area contributed by atoms with Gasteiger partial charge in [0.25, 0.3) is 0 Å². The van der Waals surface area contributed by atoms with Gasteiger partial charge in [-0.15, -0.1) is 0 Å². The number of aliphatic hydroxyl groups is 1. The molecule has 0 radical (unpaired) electrons. The van der Waals surface area contributed by atoms with E-state index in [4.69, 9.17) is 10.8 Å². The molecule has 0 saturated heterocycles. The summed E-state index contributed by atoms with van der Waals surface area (Å²) in [6, 6.07) is 0. The fourth-order valence-corrected chi connectivity index (χ4v) is 0.260. The van der Waals surface area contributed by atoms with Crippen molar-refractivity contribution in [1.82, 2.24) is 0 Å². The van der Waals surface area contributed by atoms with Crippen molar-refractivity contribution in [3.8, 4) is 0 Å². The minimum absolute atomic E-state index is 0.119. The molecule has 0 unspecified atom stereocenters. The van der Waals surface area contributed by atoms with Gasteiger partial charge in [-0.05, 0) is 12.5 Å². The van der Waals surface area contributed by atoms with E-state index in [1.165, 1.54) is 6.92 Å². The number of nitrogens with two attached hydrogens (primary N) is 1. The maximum atomic E-state index is 12.1. The maximum Gasteiger partial charge on any atom is 0.115 e. The molecule has 48 valence electrons. The molecule has 0 aliphatic carbocycles. The van der Waals surface area contributed by atoms with Crippen molar-refractivity contribution in [2.45, 2.75) is 6.92 Å². The van der Waals surface area contributed by atoms with E-state index in [-0.39, 0.29) is 13.2 Å². The normalized spacial score (nSPS) is 13.5. The summed E-state index contributed by atoms with van der Waals surface area (Å²) >= 11 is 0. The SMILES string of the molecule is C/C(CO)=C(/F)CN. The third-order valence-corrected chi connectivity index (χ3v) is 0.879. The van der Waals surface area contributed by atoms with Gasteiger partial charge in [0.2, 0.25) is 0 Å². The summed E-state index contributed by atoms with van der Waals surface area (Å²) in [5, 5.41) is 8.28. The fourth-order valence-electron chi connectivity index (χ4n) is 0.260. The topological polar surface area (TPSA) is 46.2 Å². The Hall–Kier alpha value is -0.410. The van der Waals surface area contributed by atoms with Crippen LogP contribution in [0.2, 0.25) is 0 Å². The van der Waals surface area contributed by atoms with Crippen LogP contribution in [0.1, 0.15) is 6.92 Å². The molecule has 0 rings (SSSR count). The van der Waals surface area contributed by atoms with E-state index in [1.807, 2.05) is 0 Å². The first-order valence-electron chi connectivity index (χ1n) is 2.37. The van der Waals surface area contributed by atoms with Crippen LogP contribution in [0.25, 0.3) is 0 Å². The monoisotopic (exact) mass is 119 g/mol. The Labute approximate surface area is 47.8 Å². The predicted molar refractivity (Wildman–Crippen MR) is 29.9 cm³/mol. The van der Waals surface area contributed by atoms with Gasteiger partial charge in [0.1, 0.15) is 5.83 Å². The Bertz CT molecular complexity index is 88.6. The van der Waals surface area contributed by atoms with Crippen LogP contribution in [0.3, 0.4) is 0 Å². The smallest absolute Gasteiger partial charge is 0.115 e. The van der Waals surface area contributed by atoms with E-state index in [0.717, 1.165) is 0 Å². The van der Waals surface area contributed by atoms with Crippen LogP contribution in [-0.4, -0.2) is 18.3 Å². The average Bonchev–Trinajstić information content (AvgIpc) is 1.84. The van der Waals surface area contributed by atoms with Gasteiger partial charge in [0, 0.05) is 6.54 Å². The molecular formula is C5H10FNO. The van der Waals surface area contributed by atoms with E-state index in [9.17, 15) is 4.39 Å². The maximum absolute atomic E-state index is 12.1. The van der Waals surface area contributed by atoms with Crippen molar-refractivity contribution in [2.75, 3.05) is 13.2 Å². The van der Waals surface area contributed by atoms with Crippen LogP contribution < -0.4 is 5.73 Å². The third-order valence-electron chi connectivity index (χ3n) is 0.879. The van der Waals surface area contributed by atoms with Crippen molar-refractivity contribution in [1.29, 1.82) is 0 Å². The van der Waals surface area contributed by atoms with Gasteiger partial charge in [-0.25, -0.2) is 4.39 Å². The molecule has 0 aliphatic rings. The first kappa shape index (κ1) is 7.59. The lowest BCUT2D eigenvalue weighted by atomic mass is 10.3. The van der Waals surface area contributed by atoms with E-state index in [1.54, 1.807) is 0 Å². The summed E-state index contributed by atoms with van der Waals surface area (Å²) in [6.45, 7) is 1.14. The standard InChI is InChI=1S/C5H10FNO/c1-4(3-8)5(6)2-7/h8H,2-3,7H2,1H3/b5-4-. The molecule has 8 heavy (non-hydrogen) atoms. The summed E-state index contributed by atoms with van der Waals surface area (Å²) < 4.78 is 12.1. The van der Waals surface area contributed by atoms with Crippen LogP contribution in [-0.2, 0) is 0 Å². The highest BCUT2D eigenvalue weighted by molar-refractivity contribution is 5.05. The molecule has 3 heteroatoms. The molecule has 0 aromatic carbocycles. The molecule has 2 nitrogen and oxygen atoms in total. The number of aliphatic hydroxyl groups excluding tert-OH is 1. The Balaban J connectivity index is 3.83. The molecular weight excluding hydrogens is 109 g/mol. The highest BCUT2D eigenvalue weighted by Gasteiger charge is 1.94. The van der Waals surface area contributed by atoms with Gasteiger partial charge in [0.15, 0.2) is 0 Å². The second-order valence-corrected chi connectivity index (χ2v) is 1.55. The second kappa shape index (κ2) is 3.57. The van der Waals surface area contributed by atoms with Crippen LogP contribution in [0, 0.1) is 0 Å². The zero-order chi connectivity index (χ0) is 6.57. The molecule has 0 saturated carbocycles. The van der Waals surface area contributed by atoms with Crippen molar-refractivity contribution >= 4 is 0 Å². The Kier molecular flexibility index (Phi) is 3.39. The molecule has 0 aliphatic heterocycles. The lowest BCUT2D eigenvalue weighted by molar-refractivity contribution is 0.326. The van der Waals surface area contributed by atoms with Gasteiger partial charge in [-0.1, -0.05) is 0 Å². The van der Waals surface area contributed by atoms with E-state index < -0.39 is 5.83 Å². The molecule has 0 bridgehead atoms. The van der Waals surface area contributed by atoms with Crippen molar-refractivity contribution in [3.63, 3.8) is 0 Å². The summed E-state index contributed by atoms with van der Waals surface area (Å²) in [5.74, 6) is -0.424. The van der Waals surface area contributed by atoms with Crippen molar-refractivity contribution in [3.05, 3.63) is 11.4 Å². The highest BCUT2D eigenvalue weighted by atomic mass is 19.1. The molecule has 0 spiro atoms.